The summed E-state index contributed by atoms with van der Waals surface area (Å²) < 4.78 is 0. The van der Waals surface area contributed by atoms with Gasteiger partial charge in [0.15, 0.2) is 0 Å². The van der Waals surface area contributed by atoms with E-state index in [1.54, 1.807) is 12.1 Å². The Morgan fingerprint density at radius 1 is 0.767 bits per heavy atom. The Hall–Kier alpha value is -4.34. The predicted molar refractivity (Wildman–Crippen MR) is 110 cm³/mol. The fourth-order valence-electron chi connectivity index (χ4n) is 2.32. The summed E-state index contributed by atoms with van der Waals surface area (Å²) in [6.45, 7) is 0.350. The fraction of sp³-hybridized carbons (Fsp3) is 0.100. The van der Waals surface area contributed by atoms with Gasteiger partial charge in [-0.1, -0.05) is 24.3 Å². The van der Waals surface area contributed by atoms with Crippen LogP contribution in [0.4, 0.5) is 11.4 Å². The first-order valence-electron chi connectivity index (χ1n) is 8.76. The van der Waals surface area contributed by atoms with E-state index in [0.717, 1.165) is 0 Å². The van der Waals surface area contributed by atoms with Crippen LogP contribution in [0.3, 0.4) is 0 Å². The summed E-state index contributed by atoms with van der Waals surface area (Å²) in [6.07, 6.45) is 5.37. The molecule has 0 fully saturated rings. The first kappa shape index (κ1) is 22.0. The van der Waals surface area contributed by atoms with Gasteiger partial charge in [-0.25, -0.2) is 0 Å². The topological polar surface area (TPSA) is 144 Å². The van der Waals surface area contributed by atoms with Crippen molar-refractivity contribution in [2.75, 3.05) is 13.1 Å². The van der Waals surface area contributed by atoms with Crippen LogP contribution < -0.4 is 10.6 Å². The molecule has 0 aliphatic carbocycles. The number of nitro benzene ring substituents is 2. The molecule has 0 saturated heterocycles. The lowest BCUT2D eigenvalue weighted by Gasteiger charge is -2.03. The molecule has 0 saturated carbocycles. The van der Waals surface area contributed by atoms with Gasteiger partial charge in [-0.05, 0) is 23.3 Å². The second-order valence-electron chi connectivity index (χ2n) is 5.95. The second kappa shape index (κ2) is 10.9. The largest absolute Gasteiger partial charge is 0.351 e. The number of benzene rings is 2. The average molecular weight is 410 g/mol. The molecule has 10 heteroatoms. The van der Waals surface area contributed by atoms with Crippen molar-refractivity contribution >= 4 is 35.3 Å². The third-order valence-electron chi connectivity index (χ3n) is 3.74. The Balaban J connectivity index is 1.74. The van der Waals surface area contributed by atoms with Crippen LogP contribution in [0.25, 0.3) is 12.2 Å². The Morgan fingerprint density at radius 3 is 1.53 bits per heavy atom. The van der Waals surface area contributed by atoms with Crippen molar-refractivity contribution in [2.24, 2.45) is 0 Å². The van der Waals surface area contributed by atoms with Crippen molar-refractivity contribution < 1.29 is 19.4 Å². The third kappa shape index (κ3) is 7.35. The lowest BCUT2D eigenvalue weighted by molar-refractivity contribution is -0.385. The lowest BCUT2D eigenvalue weighted by atomic mass is 10.2. The van der Waals surface area contributed by atoms with E-state index < -0.39 is 21.7 Å². The zero-order valence-electron chi connectivity index (χ0n) is 15.7. The summed E-state index contributed by atoms with van der Waals surface area (Å²) in [4.78, 5) is 43.9. The number of rotatable bonds is 9. The molecule has 2 amide bonds. The molecule has 0 aliphatic heterocycles. The van der Waals surface area contributed by atoms with Crippen molar-refractivity contribution in [1.29, 1.82) is 0 Å². The molecule has 30 heavy (non-hydrogen) atoms. The van der Waals surface area contributed by atoms with Gasteiger partial charge < -0.3 is 10.6 Å². The zero-order valence-corrected chi connectivity index (χ0v) is 15.7. The van der Waals surface area contributed by atoms with Gasteiger partial charge in [-0.3, -0.25) is 29.8 Å². The van der Waals surface area contributed by atoms with Crippen LogP contribution in [-0.2, 0) is 9.59 Å². The summed E-state index contributed by atoms with van der Waals surface area (Å²) in [5.41, 5.74) is 0.884. The molecule has 0 aliphatic rings. The average Bonchev–Trinajstić information content (AvgIpc) is 2.74. The summed E-state index contributed by atoms with van der Waals surface area (Å²) in [7, 11) is 0. The fourth-order valence-corrected chi connectivity index (χ4v) is 2.32. The quantitative estimate of drug-likeness (QED) is 0.281. The van der Waals surface area contributed by atoms with Crippen molar-refractivity contribution in [1.82, 2.24) is 10.6 Å². The monoisotopic (exact) mass is 410 g/mol. The minimum Gasteiger partial charge on any atom is -0.351 e. The van der Waals surface area contributed by atoms with Gasteiger partial charge in [0, 0.05) is 49.5 Å². The number of amides is 2. The molecule has 0 heterocycles. The number of nitrogens with one attached hydrogen (secondary N) is 2. The number of nitro groups is 2. The molecular formula is C20H18N4O6. The van der Waals surface area contributed by atoms with Crippen molar-refractivity contribution in [3.63, 3.8) is 0 Å². The molecule has 154 valence electrons. The standard InChI is InChI=1S/C20H18N4O6/c25-19(9-7-15-3-1-5-17(13-15)23(27)28)21-11-12-22-20(26)10-8-16-4-2-6-18(14-16)24(29)30/h1-10,13-14H,11-12H2,(H,21,25)(H,22,26)/b9-7+,10-8+. The van der Waals surface area contributed by atoms with Crippen LogP contribution in [0.1, 0.15) is 11.1 Å². The number of hydrogen-bond donors (Lipinski definition) is 2. The highest BCUT2D eigenvalue weighted by Gasteiger charge is 2.05. The molecule has 0 unspecified atom stereocenters. The van der Waals surface area contributed by atoms with Gasteiger partial charge in [0.2, 0.25) is 11.8 Å². The Kier molecular flexibility index (Phi) is 7.94. The van der Waals surface area contributed by atoms with Crippen molar-refractivity contribution in [2.45, 2.75) is 0 Å². The number of carbonyl (C=O) groups is 2. The minimum absolute atomic E-state index is 0.0709. The third-order valence-corrected chi connectivity index (χ3v) is 3.74. The number of carbonyl (C=O) groups excluding carboxylic acids is 2. The SMILES string of the molecule is O=C(/C=C/c1cccc([N+](=O)[O-])c1)NCCNC(=O)/C=C/c1cccc([N+](=O)[O-])c1. The number of nitrogens with zero attached hydrogens (tertiary/aromatic N) is 2. The zero-order chi connectivity index (χ0) is 21.9. The first-order valence-corrected chi connectivity index (χ1v) is 8.76. The van der Waals surface area contributed by atoms with E-state index in [-0.39, 0.29) is 24.5 Å². The van der Waals surface area contributed by atoms with Crippen molar-refractivity contribution in [3.8, 4) is 0 Å². The van der Waals surface area contributed by atoms with Gasteiger partial charge in [0.05, 0.1) is 9.85 Å². The lowest BCUT2D eigenvalue weighted by Crippen LogP contribution is -2.33. The molecule has 0 aromatic heterocycles. The van der Waals surface area contributed by atoms with E-state index in [1.807, 2.05) is 0 Å². The van der Waals surface area contributed by atoms with E-state index >= 15 is 0 Å². The Bertz CT molecular complexity index is 934. The van der Waals surface area contributed by atoms with E-state index in [0.29, 0.717) is 11.1 Å². The number of non-ortho nitro benzene ring substituents is 2. The molecule has 0 spiro atoms. The van der Waals surface area contributed by atoms with Gasteiger partial charge >= 0.3 is 0 Å². The molecule has 0 atom stereocenters. The highest BCUT2D eigenvalue weighted by molar-refractivity contribution is 5.92. The second-order valence-corrected chi connectivity index (χ2v) is 5.95. The van der Waals surface area contributed by atoms with Crippen LogP contribution in [0, 0.1) is 20.2 Å². The van der Waals surface area contributed by atoms with E-state index in [1.165, 1.54) is 60.7 Å². The molecule has 10 nitrogen and oxygen atoms in total. The van der Waals surface area contributed by atoms with Crippen LogP contribution in [0.15, 0.2) is 60.7 Å². The Morgan fingerprint density at radius 2 is 1.17 bits per heavy atom. The highest BCUT2D eigenvalue weighted by atomic mass is 16.6. The summed E-state index contributed by atoms with van der Waals surface area (Å²) in [5.74, 6) is -0.828. The molecule has 2 N–H and O–H groups in total. The van der Waals surface area contributed by atoms with E-state index in [9.17, 15) is 29.8 Å². The van der Waals surface area contributed by atoms with Gasteiger partial charge in [-0.2, -0.15) is 0 Å². The first-order chi connectivity index (χ1) is 14.3. The maximum absolute atomic E-state index is 11.8. The summed E-state index contributed by atoms with van der Waals surface area (Å²) >= 11 is 0. The molecule has 2 aromatic rings. The van der Waals surface area contributed by atoms with Gasteiger partial charge in [0.1, 0.15) is 0 Å². The van der Waals surface area contributed by atoms with E-state index in [4.69, 9.17) is 0 Å². The highest BCUT2D eigenvalue weighted by Crippen LogP contribution is 2.14. The maximum atomic E-state index is 11.8. The molecule has 0 radical (unpaired) electrons. The number of hydrogen-bond acceptors (Lipinski definition) is 6. The molecule has 0 bridgehead atoms. The van der Waals surface area contributed by atoms with E-state index in [2.05, 4.69) is 10.6 Å². The van der Waals surface area contributed by atoms with Gasteiger partial charge in [0.25, 0.3) is 11.4 Å². The molecule has 2 rings (SSSR count). The maximum Gasteiger partial charge on any atom is 0.270 e. The minimum atomic E-state index is -0.520. The smallest absolute Gasteiger partial charge is 0.270 e. The normalized spacial score (nSPS) is 10.8. The van der Waals surface area contributed by atoms with Crippen LogP contribution in [-0.4, -0.2) is 34.8 Å². The van der Waals surface area contributed by atoms with Crippen LogP contribution >= 0.6 is 0 Å². The van der Waals surface area contributed by atoms with Crippen LogP contribution in [0.5, 0.6) is 0 Å². The summed E-state index contributed by atoms with van der Waals surface area (Å²) in [5, 5.41) is 26.6. The molecular weight excluding hydrogens is 392 g/mol. The van der Waals surface area contributed by atoms with Crippen LogP contribution in [0.2, 0.25) is 0 Å². The van der Waals surface area contributed by atoms with Gasteiger partial charge in [-0.15, -0.1) is 0 Å². The molecule has 2 aromatic carbocycles. The Labute approximate surface area is 171 Å². The van der Waals surface area contributed by atoms with Crippen molar-refractivity contribution in [3.05, 3.63) is 92.0 Å². The summed E-state index contributed by atoms with van der Waals surface area (Å²) in [6, 6.07) is 11.7. The predicted octanol–water partition coefficient (Wildman–Crippen LogP) is 2.46.